The molecule has 0 aliphatic carbocycles. The van der Waals surface area contributed by atoms with E-state index in [0.717, 1.165) is 44.6 Å². The lowest BCUT2D eigenvalue weighted by Crippen LogP contribution is -2.00. The van der Waals surface area contributed by atoms with Crippen LogP contribution in [0.3, 0.4) is 0 Å². The number of hydrogen-bond acceptors (Lipinski definition) is 5. The van der Waals surface area contributed by atoms with Crippen LogP contribution in [0.4, 0.5) is 0 Å². The minimum atomic E-state index is 0.370. The largest absolute Gasteiger partial charge is 0.487 e. The molecule has 0 radical (unpaired) electrons. The summed E-state index contributed by atoms with van der Waals surface area (Å²) in [7, 11) is 0. The van der Waals surface area contributed by atoms with E-state index in [-0.39, 0.29) is 0 Å². The van der Waals surface area contributed by atoms with Crippen LogP contribution in [0.2, 0.25) is 5.02 Å². The van der Waals surface area contributed by atoms with Crippen molar-refractivity contribution in [1.82, 2.24) is 24.6 Å². The maximum Gasteiger partial charge on any atom is 0.183 e. The lowest BCUT2D eigenvalue weighted by atomic mass is 10.2. The molecule has 160 valence electrons. The monoisotopic (exact) mass is 451 g/mol. The van der Waals surface area contributed by atoms with Crippen LogP contribution in [0, 0.1) is 6.92 Å². The van der Waals surface area contributed by atoms with Crippen molar-refractivity contribution in [2.24, 2.45) is 0 Å². The molecule has 0 saturated carbocycles. The molecule has 6 nitrogen and oxygen atoms in total. The topological polar surface area (TPSA) is 65.2 Å². The first-order valence-electron chi connectivity index (χ1n) is 10.6. The SMILES string of the molecule is Cc1nc2cc(OCc3ccc4ccccc4n3)ccc2n2c(-c3ccccc3Cl)nnc12. The lowest BCUT2D eigenvalue weighted by molar-refractivity contribution is 0.302. The van der Waals surface area contributed by atoms with Crippen LogP contribution in [0.25, 0.3) is 39.0 Å². The molecule has 6 rings (SSSR count). The van der Waals surface area contributed by atoms with Gasteiger partial charge in [-0.1, -0.05) is 48.0 Å². The van der Waals surface area contributed by atoms with Gasteiger partial charge in [0.25, 0.3) is 0 Å². The van der Waals surface area contributed by atoms with Crippen molar-refractivity contribution in [1.29, 1.82) is 0 Å². The predicted molar refractivity (Wildman–Crippen MR) is 130 cm³/mol. The van der Waals surface area contributed by atoms with Gasteiger partial charge in [-0.15, -0.1) is 10.2 Å². The Morgan fingerprint density at radius 2 is 1.70 bits per heavy atom. The minimum Gasteiger partial charge on any atom is -0.487 e. The molecule has 33 heavy (non-hydrogen) atoms. The molecule has 0 N–H and O–H groups in total. The molecule has 7 heteroatoms. The van der Waals surface area contributed by atoms with Crippen LogP contribution in [-0.4, -0.2) is 24.6 Å². The maximum atomic E-state index is 6.45. The van der Waals surface area contributed by atoms with Crippen LogP contribution < -0.4 is 4.74 Å². The molecule has 0 aliphatic rings. The van der Waals surface area contributed by atoms with E-state index < -0.39 is 0 Å². The molecule has 6 aromatic rings. The first kappa shape index (κ1) is 19.6. The van der Waals surface area contributed by atoms with Crippen molar-refractivity contribution in [3.63, 3.8) is 0 Å². The summed E-state index contributed by atoms with van der Waals surface area (Å²) in [6.45, 7) is 2.29. The number of aromatic nitrogens is 5. The predicted octanol–water partition coefficient (Wildman–Crippen LogP) is 6.03. The van der Waals surface area contributed by atoms with E-state index >= 15 is 0 Å². The fraction of sp³-hybridized carbons (Fsp3) is 0.0769. The number of para-hydroxylation sites is 1. The summed E-state index contributed by atoms with van der Waals surface area (Å²) in [6.07, 6.45) is 0. The van der Waals surface area contributed by atoms with Crippen molar-refractivity contribution in [2.45, 2.75) is 13.5 Å². The second-order valence-corrected chi connectivity index (χ2v) is 8.20. The third-order valence-electron chi connectivity index (χ3n) is 5.62. The molecule has 0 aliphatic heterocycles. The molecule has 0 unspecified atom stereocenters. The van der Waals surface area contributed by atoms with E-state index in [2.05, 4.69) is 21.2 Å². The maximum absolute atomic E-state index is 6.45. The fourth-order valence-electron chi connectivity index (χ4n) is 4.01. The first-order chi connectivity index (χ1) is 16.2. The highest BCUT2D eigenvalue weighted by atomic mass is 35.5. The first-order valence-corrected chi connectivity index (χ1v) is 10.9. The number of ether oxygens (including phenoxy) is 1. The lowest BCUT2D eigenvalue weighted by Gasteiger charge is -2.10. The number of hydrogen-bond donors (Lipinski definition) is 0. The zero-order valence-corrected chi connectivity index (χ0v) is 18.5. The minimum absolute atomic E-state index is 0.370. The highest BCUT2D eigenvalue weighted by Crippen LogP contribution is 2.30. The summed E-state index contributed by atoms with van der Waals surface area (Å²) in [5, 5.41) is 10.5. The van der Waals surface area contributed by atoms with Crippen LogP contribution in [0.15, 0.2) is 78.9 Å². The zero-order valence-electron chi connectivity index (χ0n) is 17.7. The van der Waals surface area contributed by atoms with Gasteiger partial charge in [-0.2, -0.15) is 0 Å². The molecule has 0 saturated heterocycles. The van der Waals surface area contributed by atoms with Gasteiger partial charge in [0, 0.05) is 17.0 Å². The second kappa shape index (κ2) is 7.83. The Bertz CT molecular complexity index is 1660. The van der Waals surface area contributed by atoms with Crippen LogP contribution in [0.1, 0.15) is 11.4 Å². The number of nitrogens with zero attached hydrogens (tertiary/aromatic N) is 5. The number of benzene rings is 3. The summed E-state index contributed by atoms with van der Waals surface area (Å²) < 4.78 is 8.05. The summed E-state index contributed by atoms with van der Waals surface area (Å²) in [5.74, 6) is 1.40. The number of fused-ring (bicyclic) bond motifs is 4. The average Bonchev–Trinajstić information content (AvgIpc) is 3.29. The summed E-state index contributed by atoms with van der Waals surface area (Å²) in [4.78, 5) is 9.42. The molecular weight excluding hydrogens is 434 g/mol. The highest BCUT2D eigenvalue weighted by Gasteiger charge is 2.16. The Morgan fingerprint density at radius 3 is 2.61 bits per heavy atom. The van der Waals surface area contributed by atoms with Crippen molar-refractivity contribution in [3.05, 3.63) is 95.3 Å². The third-order valence-corrected chi connectivity index (χ3v) is 5.95. The van der Waals surface area contributed by atoms with Crippen LogP contribution in [-0.2, 0) is 6.61 Å². The number of rotatable bonds is 4. The smallest absolute Gasteiger partial charge is 0.183 e. The summed E-state index contributed by atoms with van der Waals surface area (Å²) >= 11 is 6.45. The molecule has 0 amide bonds. The third kappa shape index (κ3) is 3.45. The molecule has 3 aromatic carbocycles. The highest BCUT2D eigenvalue weighted by molar-refractivity contribution is 6.33. The average molecular weight is 452 g/mol. The van der Waals surface area contributed by atoms with Crippen molar-refractivity contribution in [2.75, 3.05) is 0 Å². The molecule has 0 atom stereocenters. The van der Waals surface area contributed by atoms with E-state index in [1.165, 1.54) is 0 Å². The van der Waals surface area contributed by atoms with Crippen LogP contribution in [0.5, 0.6) is 5.75 Å². The van der Waals surface area contributed by atoms with Gasteiger partial charge in [0.2, 0.25) is 0 Å². The molecular formula is C26H18ClN5O. The van der Waals surface area contributed by atoms with E-state index in [1.807, 2.05) is 84.1 Å². The number of halogens is 1. The van der Waals surface area contributed by atoms with Crippen molar-refractivity contribution in [3.8, 4) is 17.1 Å². The van der Waals surface area contributed by atoms with E-state index in [1.54, 1.807) is 0 Å². The van der Waals surface area contributed by atoms with Gasteiger partial charge in [0.1, 0.15) is 12.4 Å². The number of aryl methyl sites for hydroxylation is 1. The summed E-state index contributed by atoms with van der Waals surface area (Å²) in [6, 6.07) is 25.5. The normalized spacial score (nSPS) is 11.5. The van der Waals surface area contributed by atoms with E-state index in [9.17, 15) is 0 Å². The van der Waals surface area contributed by atoms with Crippen LogP contribution >= 0.6 is 11.6 Å². The Balaban J connectivity index is 1.38. The molecule has 3 heterocycles. The van der Waals surface area contributed by atoms with E-state index in [4.69, 9.17) is 21.3 Å². The fourth-order valence-corrected chi connectivity index (χ4v) is 4.23. The molecule has 0 bridgehead atoms. The molecule has 3 aromatic heterocycles. The van der Waals surface area contributed by atoms with Gasteiger partial charge in [-0.3, -0.25) is 4.40 Å². The summed E-state index contributed by atoms with van der Waals surface area (Å²) in [5.41, 5.74) is 5.79. The Morgan fingerprint density at radius 1 is 0.848 bits per heavy atom. The second-order valence-electron chi connectivity index (χ2n) is 7.79. The standard InChI is InChI=1S/C26H18ClN5O/c1-16-25-30-31-26(20-7-3-4-8-21(20)27)32(25)24-13-12-19(14-23(24)28-16)33-15-18-11-10-17-6-2-5-9-22(17)29-18/h2-14H,15H2,1H3. The Kier molecular flexibility index (Phi) is 4.66. The van der Waals surface area contributed by atoms with Gasteiger partial charge < -0.3 is 4.74 Å². The van der Waals surface area contributed by atoms with Gasteiger partial charge >= 0.3 is 0 Å². The Labute approximate surface area is 194 Å². The van der Waals surface area contributed by atoms with E-state index in [0.29, 0.717) is 23.1 Å². The Hall–Kier alpha value is -4.03. The van der Waals surface area contributed by atoms with Gasteiger partial charge in [0.15, 0.2) is 11.5 Å². The zero-order chi connectivity index (χ0) is 22.4. The molecule has 0 fully saturated rings. The quantitative estimate of drug-likeness (QED) is 0.327. The van der Waals surface area contributed by atoms with Gasteiger partial charge in [0.05, 0.1) is 33.0 Å². The number of pyridine rings is 1. The van der Waals surface area contributed by atoms with Crippen molar-refractivity contribution >= 4 is 39.2 Å². The van der Waals surface area contributed by atoms with Gasteiger partial charge in [-0.05, 0) is 43.3 Å². The van der Waals surface area contributed by atoms with Gasteiger partial charge in [-0.25, -0.2) is 9.97 Å². The van der Waals surface area contributed by atoms with Crippen molar-refractivity contribution < 1.29 is 4.74 Å². The molecule has 0 spiro atoms.